The van der Waals surface area contributed by atoms with E-state index in [1.807, 2.05) is 42.5 Å². The highest BCUT2D eigenvalue weighted by molar-refractivity contribution is 6.07. The summed E-state index contributed by atoms with van der Waals surface area (Å²) < 4.78 is 2.24. The number of hydrogen-bond acceptors (Lipinski definition) is 5. The number of benzene rings is 1. The van der Waals surface area contributed by atoms with Gasteiger partial charge in [-0.3, -0.25) is 9.78 Å². The van der Waals surface area contributed by atoms with Crippen molar-refractivity contribution in [3.05, 3.63) is 72.1 Å². The number of pyridine rings is 2. The van der Waals surface area contributed by atoms with Crippen molar-refractivity contribution in [3.63, 3.8) is 0 Å². The number of para-hydroxylation sites is 1. The second-order valence-corrected chi connectivity index (χ2v) is 7.81. The van der Waals surface area contributed by atoms with Crippen LogP contribution in [0.4, 0.5) is 0 Å². The molecule has 0 fully saturated rings. The molecule has 156 valence electrons. The first kappa shape index (κ1) is 19.4. The Hall–Kier alpha value is -3.61. The normalized spacial score (nSPS) is 13.2. The summed E-state index contributed by atoms with van der Waals surface area (Å²) in [6.07, 6.45) is 8.49. The monoisotopic (exact) mass is 412 g/mol. The lowest BCUT2D eigenvalue weighted by Crippen LogP contribution is -2.25. The van der Waals surface area contributed by atoms with E-state index >= 15 is 0 Å². The fourth-order valence-electron chi connectivity index (χ4n) is 4.13. The van der Waals surface area contributed by atoms with Crippen LogP contribution in [0.2, 0.25) is 0 Å². The molecule has 3 aromatic heterocycles. The average Bonchev–Trinajstić information content (AvgIpc) is 3.24. The van der Waals surface area contributed by atoms with Crippen LogP contribution in [0.25, 0.3) is 22.2 Å². The molecule has 31 heavy (non-hydrogen) atoms. The Labute approximate surface area is 180 Å². The molecule has 0 saturated carbocycles. The van der Waals surface area contributed by atoms with E-state index in [4.69, 9.17) is 4.98 Å². The second kappa shape index (κ2) is 8.63. The molecule has 4 heterocycles. The van der Waals surface area contributed by atoms with Gasteiger partial charge in [-0.1, -0.05) is 18.2 Å². The van der Waals surface area contributed by atoms with Crippen LogP contribution >= 0.6 is 0 Å². The van der Waals surface area contributed by atoms with Gasteiger partial charge in [0.25, 0.3) is 5.91 Å². The molecule has 1 N–H and O–H groups in total. The average molecular weight is 412 g/mol. The molecule has 7 heteroatoms. The third-order valence-electron chi connectivity index (χ3n) is 5.74. The van der Waals surface area contributed by atoms with Crippen molar-refractivity contribution < 1.29 is 4.79 Å². The quantitative estimate of drug-likeness (QED) is 0.489. The van der Waals surface area contributed by atoms with Gasteiger partial charge in [-0.05, 0) is 43.5 Å². The van der Waals surface area contributed by atoms with Crippen LogP contribution in [0.3, 0.4) is 0 Å². The van der Waals surface area contributed by atoms with Crippen molar-refractivity contribution in [1.29, 1.82) is 0 Å². The summed E-state index contributed by atoms with van der Waals surface area (Å²) in [5, 5.41) is 12.6. The maximum absolute atomic E-state index is 13.1. The second-order valence-electron chi connectivity index (χ2n) is 7.81. The summed E-state index contributed by atoms with van der Waals surface area (Å²) in [6, 6.07) is 13.4. The summed E-state index contributed by atoms with van der Waals surface area (Å²) in [5.74, 6) is 2.03. The topological polar surface area (TPSA) is 85.6 Å². The molecule has 0 atom stereocenters. The number of fused-ring (bicyclic) bond motifs is 2. The molecule has 1 aliphatic rings. The fourth-order valence-corrected chi connectivity index (χ4v) is 4.13. The molecule has 5 rings (SSSR count). The summed E-state index contributed by atoms with van der Waals surface area (Å²) in [4.78, 5) is 21.9. The van der Waals surface area contributed by atoms with Crippen LogP contribution in [-0.2, 0) is 19.4 Å². The Morgan fingerprint density at radius 3 is 2.84 bits per heavy atom. The molecule has 0 unspecified atom stereocenters. The van der Waals surface area contributed by atoms with E-state index in [0.29, 0.717) is 12.1 Å². The predicted molar refractivity (Wildman–Crippen MR) is 119 cm³/mol. The van der Waals surface area contributed by atoms with Crippen molar-refractivity contribution in [3.8, 4) is 11.3 Å². The first-order chi connectivity index (χ1) is 15.3. The maximum Gasteiger partial charge on any atom is 0.252 e. The molecular weight excluding hydrogens is 388 g/mol. The largest absolute Gasteiger partial charge is 0.352 e. The zero-order chi connectivity index (χ0) is 21.0. The standard InChI is InChI=1S/C24H24N6O/c31-24(26-12-5-9-23-29-28-22-8-3-4-15-30(22)23)19-16-21(17-10-13-25-14-11-17)27-20-7-2-1-6-18(19)20/h1-2,6-7,10-11,13-14,16H,3-5,8-9,12,15H2,(H,26,31). The van der Waals surface area contributed by atoms with Crippen molar-refractivity contribution in [2.45, 2.75) is 38.6 Å². The maximum atomic E-state index is 13.1. The summed E-state index contributed by atoms with van der Waals surface area (Å²) in [7, 11) is 0. The van der Waals surface area contributed by atoms with E-state index in [0.717, 1.165) is 59.6 Å². The summed E-state index contributed by atoms with van der Waals surface area (Å²) >= 11 is 0. The Morgan fingerprint density at radius 2 is 1.94 bits per heavy atom. The fraction of sp³-hybridized carbons (Fsp3) is 0.292. The van der Waals surface area contributed by atoms with Gasteiger partial charge in [0.05, 0.1) is 16.8 Å². The molecule has 0 bridgehead atoms. The van der Waals surface area contributed by atoms with Gasteiger partial charge in [-0.2, -0.15) is 0 Å². The lowest BCUT2D eigenvalue weighted by atomic mass is 10.0. The SMILES string of the molecule is O=C(NCCCc1nnc2n1CCCC2)c1cc(-c2ccncc2)nc2ccccc12. The smallest absolute Gasteiger partial charge is 0.252 e. The number of aromatic nitrogens is 5. The zero-order valence-electron chi connectivity index (χ0n) is 17.3. The summed E-state index contributed by atoms with van der Waals surface area (Å²) in [6.45, 7) is 1.59. The van der Waals surface area contributed by atoms with Gasteiger partial charge in [0.15, 0.2) is 0 Å². The predicted octanol–water partition coefficient (Wildman–Crippen LogP) is 3.59. The van der Waals surface area contributed by atoms with Crippen LogP contribution in [-0.4, -0.2) is 37.2 Å². The van der Waals surface area contributed by atoms with Crippen molar-refractivity contribution >= 4 is 16.8 Å². The van der Waals surface area contributed by atoms with Crippen molar-refractivity contribution in [1.82, 2.24) is 30.0 Å². The van der Waals surface area contributed by atoms with E-state index in [-0.39, 0.29) is 5.91 Å². The van der Waals surface area contributed by atoms with Crippen LogP contribution in [0, 0.1) is 0 Å². The first-order valence-corrected chi connectivity index (χ1v) is 10.8. The van der Waals surface area contributed by atoms with Crippen molar-refractivity contribution in [2.75, 3.05) is 6.54 Å². The molecule has 1 aromatic carbocycles. The van der Waals surface area contributed by atoms with Crippen LogP contribution in [0.1, 0.15) is 41.3 Å². The molecule has 0 saturated heterocycles. The lowest BCUT2D eigenvalue weighted by Gasteiger charge is -2.14. The number of amides is 1. The number of nitrogens with zero attached hydrogens (tertiary/aromatic N) is 5. The van der Waals surface area contributed by atoms with Crippen molar-refractivity contribution in [2.24, 2.45) is 0 Å². The molecule has 1 amide bonds. The Morgan fingerprint density at radius 1 is 1.06 bits per heavy atom. The first-order valence-electron chi connectivity index (χ1n) is 10.8. The van der Waals surface area contributed by atoms with E-state index in [1.165, 1.54) is 12.8 Å². The molecule has 1 aliphatic heterocycles. The summed E-state index contributed by atoms with van der Waals surface area (Å²) in [5.41, 5.74) is 3.14. The Bertz CT molecular complexity index is 1220. The minimum Gasteiger partial charge on any atom is -0.352 e. The van der Waals surface area contributed by atoms with Gasteiger partial charge in [0.1, 0.15) is 11.6 Å². The number of carbonyl (C=O) groups excluding carboxylic acids is 1. The van der Waals surface area contributed by atoms with E-state index in [1.54, 1.807) is 12.4 Å². The highest BCUT2D eigenvalue weighted by Crippen LogP contribution is 2.24. The number of aryl methyl sites for hydroxylation is 2. The third-order valence-corrected chi connectivity index (χ3v) is 5.74. The lowest BCUT2D eigenvalue weighted by molar-refractivity contribution is 0.0954. The molecule has 7 nitrogen and oxygen atoms in total. The third kappa shape index (κ3) is 4.03. The number of nitrogens with one attached hydrogen (secondary N) is 1. The van der Waals surface area contributed by atoms with E-state index in [9.17, 15) is 4.79 Å². The Balaban J connectivity index is 1.31. The molecule has 4 aromatic rings. The highest BCUT2D eigenvalue weighted by atomic mass is 16.1. The highest BCUT2D eigenvalue weighted by Gasteiger charge is 2.16. The molecule has 0 aliphatic carbocycles. The van der Waals surface area contributed by atoms with Gasteiger partial charge < -0.3 is 9.88 Å². The van der Waals surface area contributed by atoms with E-state index < -0.39 is 0 Å². The zero-order valence-corrected chi connectivity index (χ0v) is 17.3. The Kier molecular flexibility index (Phi) is 5.39. The minimum absolute atomic E-state index is 0.0859. The molecule has 0 spiro atoms. The number of rotatable bonds is 6. The van der Waals surface area contributed by atoms with E-state index in [2.05, 4.69) is 25.1 Å². The van der Waals surface area contributed by atoms with Gasteiger partial charge in [-0.15, -0.1) is 10.2 Å². The van der Waals surface area contributed by atoms with Crippen LogP contribution in [0.15, 0.2) is 54.9 Å². The number of carbonyl (C=O) groups is 1. The molecule has 0 radical (unpaired) electrons. The number of hydrogen-bond donors (Lipinski definition) is 1. The molecular formula is C24H24N6O. The van der Waals surface area contributed by atoms with Gasteiger partial charge in [0, 0.05) is 49.3 Å². The van der Waals surface area contributed by atoms with Gasteiger partial charge >= 0.3 is 0 Å². The van der Waals surface area contributed by atoms with Crippen LogP contribution < -0.4 is 5.32 Å². The minimum atomic E-state index is -0.0859. The van der Waals surface area contributed by atoms with Gasteiger partial charge in [0.2, 0.25) is 0 Å². The van der Waals surface area contributed by atoms with Gasteiger partial charge in [-0.25, -0.2) is 4.98 Å². The van der Waals surface area contributed by atoms with Crippen LogP contribution in [0.5, 0.6) is 0 Å².